The van der Waals surface area contributed by atoms with E-state index in [4.69, 9.17) is 10.5 Å². The van der Waals surface area contributed by atoms with E-state index in [2.05, 4.69) is 32.8 Å². The van der Waals surface area contributed by atoms with Gasteiger partial charge < -0.3 is 4.74 Å². The first-order valence-electron chi connectivity index (χ1n) is 7.34. The zero-order chi connectivity index (χ0) is 18.8. The normalized spacial score (nSPS) is 9.52. The molecule has 0 aliphatic heterocycles. The van der Waals surface area contributed by atoms with Gasteiger partial charge in [0.25, 0.3) is 0 Å². The molecule has 5 heteroatoms. The van der Waals surface area contributed by atoms with Gasteiger partial charge >= 0.3 is 5.97 Å². The maximum atomic E-state index is 10.9. The standard InChI is InChI=1S/C12H11NO2.C8H6BrN/c1-9-7-10(8-13)3-4-11(9)5-6-12(14)15-2;1-6-4-7(5-10)2-3-8(6)9/h3-7H,1-2H3;2-4H,1H3/b6-5+;. The Morgan fingerprint density at radius 3 is 2.08 bits per heavy atom. The summed E-state index contributed by atoms with van der Waals surface area (Å²) < 4.78 is 5.53. The van der Waals surface area contributed by atoms with Gasteiger partial charge in [-0.05, 0) is 66.9 Å². The number of hydrogen-bond acceptors (Lipinski definition) is 4. The molecule has 0 aliphatic rings. The molecule has 2 aromatic rings. The van der Waals surface area contributed by atoms with Crippen LogP contribution in [0.1, 0.15) is 27.8 Å². The van der Waals surface area contributed by atoms with E-state index < -0.39 is 5.97 Å². The van der Waals surface area contributed by atoms with Crippen molar-refractivity contribution in [2.24, 2.45) is 0 Å². The van der Waals surface area contributed by atoms with Crippen LogP contribution >= 0.6 is 15.9 Å². The van der Waals surface area contributed by atoms with Crippen LogP contribution in [0, 0.1) is 36.5 Å². The Balaban J connectivity index is 0.000000271. The predicted molar refractivity (Wildman–Crippen MR) is 101 cm³/mol. The molecular formula is C20H17BrN2O2. The summed E-state index contributed by atoms with van der Waals surface area (Å²) in [5.74, 6) is -0.390. The van der Waals surface area contributed by atoms with E-state index in [-0.39, 0.29) is 0 Å². The average Bonchev–Trinajstić information content (AvgIpc) is 2.63. The summed E-state index contributed by atoms with van der Waals surface area (Å²) in [4.78, 5) is 10.9. The third-order valence-corrected chi connectivity index (χ3v) is 4.18. The fourth-order valence-electron chi connectivity index (χ4n) is 1.87. The number of aryl methyl sites for hydroxylation is 2. The minimum Gasteiger partial charge on any atom is -0.466 e. The number of methoxy groups -OCH3 is 1. The predicted octanol–water partition coefficient (Wildman–Crippen LogP) is 4.68. The minimum atomic E-state index is -0.390. The van der Waals surface area contributed by atoms with Gasteiger partial charge in [0, 0.05) is 10.5 Å². The fraction of sp³-hybridized carbons (Fsp3) is 0.150. The topological polar surface area (TPSA) is 73.9 Å². The van der Waals surface area contributed by atoms with Crippen LogP contribution in [0.2, 0.25) is 0 Å². The fourth-order valence-corrected chi connectivity index (χ4v) is 2.12. The molecule has 0 saturated carbocycles. The Labute approximate surface area is 156 Å². The second-order valence-electron chi connectivity index (χ2n) is 5.12. The van der Waals surface area contributed by atoms with Gasteiger partial charge in [0.05, 0.1) is 30.4 Å². The largest absolute Gasteiger partial charge is 0.466 e. The second-order valence-corrected chi connectivity index (χ2v) is 5.97. The number of esters is 1. The van der Waals surface area contributed by atoms with E-state index in [9.17, 15) is 4.79 Å². The van der Waals surface area contributed by atoms with Crippen molar-refractivity contribution >= 4 is 28.0 Å². The molecular weight excluding hydrogens is 380 g/mol. The molecule has 0 atom stereocenters. The van der Waals surface area contributed by atoms with Crippen molar-refractivity contribution in [1.82, 2.24) is 0 Å². The molecule has 0 aromatic heterocycles. The number of nitriles is 2. The van der Waals surface area contributed by atoms with Gasteiger partial charge in [-0.25, -0.2) is 4.79 Å². The van der Waals surface area contributed by atoms with Gasteiger partial charge in [0.1, 0.15) is 0 Å². The number of benzene rings is 2. The van der Waals surface area contributed by atoms with E-state index in [0.717, 1.165) is 21.2 Å². The Bertz CT molecular complexity index is 874. The highest BCUT2D eigenvalue weighted by Crippen LogP contribution is 2.16. The maximum Gasteiger partial charge on any atom is 0.330 e. The first-order valence-corrected chi connectivity index (χ1v) is 8.13. The number of halogens is 1. The first-order chi connectivity index (χ1) is 11.9. The molecule has 0 aliphatic carbocycles. The summed E-state index contributed by atoms with van der Waals surface area (Å²) in [6.07, 6.45) is 3.02. The van der Waals surface area contributed by atoms with E-state index in [1.165, 1.54) is 13.2 Å². The zero-order valence-electron chi connectivity index (χ0n) is 14.2. The highest BCUT2D eigenvalue weighted by molar-refractivity contribution is 9.10. The minimum absolute atomic E-state index is 0.390. The summed E-state index contributed by atoms with van der Waals surface area (Å²) in [6.45, 7) is 3.85. The van der Waals surface area contributed by atoms with E-state index in [1.807, 2.05) is 26.0 Å². The summed E-state index contributed by atoms with van der Waals surface area (Å²) in [5, 5.41) is 17.2. The van der Waals surface area contributed by atoms with E-state index >= 15 is 0 Å². The maximum absolute atomic E-state index is 10.9. The van der Waals surface area contributed by atoms with Crippen LogP contribution < -0.4 is 0 Å². The van der Waals surface area contributed by atoms with E-state index in [1.54, 1.807) is 30.3 Å². The van der Waals surface area contributed by atoms with Crippen LogP contribution in [-0.2, 0) is 9.53 Å². The number of rotatable bonds is 2. The van der Waals surface area contributed by atoms with Crippen molar-refractivity contribution in [3.05, 3.63) is 74.8 Å². The number of nitrogens with zero attached hydrogens (tertiary/aromatic N) is 2. The zero-order valence-corrected chi connectivity index (χ0v) is 15.8. The number of ether oxygens (including phenoxy) is 1. The number of carbonyl (C=O) groups excluding carboxylic acids is 1. The smallest absolute Gasteiger partial charge is 0.330 e. The SMILES string of the molecule is COC(=O)/C=C/c1ccc(C#N)cc1C.Cc1cc(C#N)ccc1Br. The van der Waals surface area contributed by atoms with Gasteiger partial charge in [-0.15, -0.1) is 0 Å². The van der Waals surface area contributed by atoms with Gasteiger partial charge in [-0.1, -0.05) is 22.0 Å². The highest BCUT2D eigenvalue weighted by atomic mass is 79.9. The third kappa shape index (κ3) is 6.63. The Morgan fingerprint density at radius 2 is 1.60 bits per heavy atom. The van der Waals surface area contributed by atoms with Gasteiger partial charge in [0.15, 0.2) is 0 Å². The van der Waals surface area contributed by atoms with Gasteiger partial charge in [0.2, 0.25) is 0 Å². The molecule has 4 nitrogen and oxygen atoms in total. The second kappa shape index (κ2) is 10.1. The van der Waals surface area contributed by atoms with Crippen LogP contribution in [0.5, 0.6) is 0 Å². The lowest BCUT2D eigenvalue weighted by Gasteiger charge is -1.99. The van der Waals surface area contributed by atoms with Crippen LogP contribution in [0.15, 0.2) is 46.9 Å². The van der Waals surface area contributed by atoms with Crippen LogP contribution in [0.4, 0.5) is 0 Å². The molecule has 0 unspecified atom stereocenters. The monoisotopic (exact) mass is 396 g/mol. The van der Waals surface area contributed by atoms with Crippen molar-refractivity contribution < 1.29 is 9.53 Å². The molecule has 0 heterocycles. The quantitative estimate of drug-likeness (QED) is 0.545. The summed E-state index contributed by atoms with van der Waals surface area (Å²) >= 11 is 3.35. The Morgan fingerprint density at radius 1 is 1.04 bits per heavy atom. The Kier molecular flexibility index (Phi) is 8.12. The van der Waals surface area contributed by atoms with Crippen molar-refractivity contribution in [2.45, 2.75) is 13.8 Å². The van der Waals surface area contributed by atoms with Gasteiger partial charge in [-0.3, -0.25) is 0 Å². The molecule has 0 N–H and O–H groups in total. The lowest BCUT2D eigenvalue weighted by molar-refractivity contribution is -0.134. The lowest BCUT2D eigenvalue weighted by atomic mass is 10.1. The summed E-state index contributed by atoms with van der Waals surface area (Å²) in [5.41, 5.74) is 4.27. The highest BCUT2D eigenvalue weighted by Gasteiger charge is 1.98. The first kappa shape index (κ1) is 20.2. The molecule has 0 saturated heterocycles. The average molecular weight is 397 g/mol. The molecule has 126 valence electrons. The van der Waals surface area contributed by atoms with Crippen LogP contribution in [-0.4, -0.2) is 13.1 Å². The van der Waals surface area contributed by atoms with Crippen molar-refractivity contribution in [3.8, 4) is 12.1 Å². The Hall–Kier alpha value is -2.89. The molecule has 0 fully saturated rings. The molecule has 0 amide bonds. The molecule has 25 heavy (non-hydrogen) atoms. The number of carbonyl (C=O) groups is 1. The van der Waals surface area contributed by atoms with Crippen molar-refractivity contribution in [2.75, 3.05) is 7.11 Å². The summed E-state index contributed by atoms with van der Waals surface area (Å²) in [7, 11) is 1.33. The van der Waals surface area contributed by atoms with Crippen LogP contribution in [0.25, 0.3) is 6.08 Å². The van der Waals surface area contributed by atoms with Crippen molar-refractivity contribution in [3.63, 3.8) is 0 Å². The molecule has 0 spiro atoms. The van der Waals surface area contributed by atoms with E-state index in [0.29, 0.717) is 11.1 Å². The van der Waals surface area contributed by atoms with Crippen molar-refractivity contribution in [1.29, 1.82) is 10.5 Å². The molecule has 0 bridgehead atoms. The number of hydrogen-bond donors (Lipinski definition) is 0. The lowest BCUT2D eigenvalue weighted by Crippen LogP contribution is -1.93. The van der Waals surface area contributed by atoms with Gasteiger partial charge in [-0.2, -0.15) is 10.5 Å². The molecule has 2 aromatic carbocycles. The third-order valence-electron chi connectivity index (χ3n) is 3.29. The van der Waals surface area contributed by atoms with Crippen LogP contribution in [0.3, 0.4) is 0 Å². The molecule has 0 radical (unpaired) electrons. The molecule has 2 rings (SSSR count). The summed E-state index contributed by atoms with van der Waals surface area (Å²) in [6, 6.07) is 14.9.